The van der Waals surface area contributed by atoms with Gasteiger partial charge in [-0.3, -0.25) is 0 Å². The third-order valence-corrected chi connectivity index (χ3v) is 4.09. The van der Waals surface area contributed by atoms with E-state index in [9.17, 15) is 0 Å². The number of piperidine rings is 1. The van der Waals surface area contributed by atoms with Crippen molar-refractivity contribution in [2.45, 2.75) is 40.0 Å². The van der Waals surface area contributed by atoms with Gasteiger partial charge in [-0.1, -0.05) is 20.8 Å². The second-order valence-electron chi connectivity index (χ2n) is 5.54. The smallest absolute Gasteiger partial charge is 0.0109 e. The average molecular weight is 255 g/mol. The average Bonchev–Trinajstić information content (AvgIpc) is 2.41. The van der Waals surface area contributed by atoms with Crippen LogP contribution in [0.2, 0.25) is 0 Å². The van der Waals surface area contributed by atoms with Crippen molar-refractivity contribution >= 4 is 0 Å². The van der Waals surface area contributed by atoms with Crippen LogP contribution in [0.5, 0.6) is 0 Å². The number of likely N-dealkylation sites (tertiary alicyclic amines) is 1. The molecule has 1 rings (SSSR count). The normalized spacial score (nSPS) is 21.7. The van der Waals surface area contributed by atoms with E-state index in [1.165, 1.54) is 71.6 Å². The molecule has 1 heterocycles. The summed E-state index contributed by atoms with van der Waals surface area (Å²) in [6, 6.07) is 0. The maximum Gasteiger partial charge on any atom is 0.0109 e. The molecule has 3 heteroatoms. The molecule has 0 radical (unpaired) electrons. The number of hydrogen-bond donors (Lipinski definition) is 1. The lowest BCUT2D eigenvalue weighted by atomic mass is 9.98. The topological polar surface area (TPSA) is 18.5 Å². The van der Waals surface area contributed by atoms with Gasteiger partial charge < -0.3 is 15.1 Å². The van der Waals surface area contributed by atoms with Crippen LogP contribution in [0.25, 0.3) is 0 Å². The molecule has 108 valence electrons. The van der Waals surface area contributed by atoms with Crippen LogP contribution >= 0.6 is 0 Å². The Morgan fingerprint density at radius 1 is 1.22 bits per heavy atom. The SMILES string of the molecule is CCCNCC1CCCN(CCN(CC)CC)C1. The van der Waals surface area contributed by atoms with E-state index in [4.69, 9.17) is 0 Å². The van der Waals surface area contributed by atoms with Crippen LogP contribution in [0.3, 0.4) is 0 Å². The Morgan fingerprint density at radius 2 is 2.00 bits per heavy atom. The van der Waals surface area contributed by atoms with Crippen molar-refractivity contribution < 1.29 is 0 Å². The number of nitrogens with one attached hydrogen (secondary N) is 1. The molecule has 1 unspecified atom stereocenters. The first kappa shape index (κ1) is 15.9. The standard InChI is InChI=1S/C15H33N3/c1-4-9-16-13-15-8-7-10-18(14-15)12-11-17(5-2)6-3/h15-16H,4-14H2,1-3H3. The molecular formula is C15H33N3. The molecule has 0 aromatic heterocycles. The molecule has 0 aromatic rings. The molecule has 0 bridgehead atoms. The summed E-state index contributed by atoms with van der Waals surface area (Å²) in [6.07, 6.45) is 4.05. The van der Waals surface area contributed by atoms with Crippen LogP contribution in [-0.2, 0) is 0 Å². The number of hydrogen-bond acceptors (Lipinski definition) is 3. The van der Waals surface area contributed by atoms with Crippen molar-refractivity contribution in [2.24, 2.45) is 5.92 Å². The minimum absolute atomic E-state index is 0.877. The lowest BCUT2D eigenvalue weighted by Gasteiger charge is -2.34. The highest BCUT2D eigenvalue weighted by Crippen LogP contribution is 2.15. The molecule has 1 aliphatic heterocycles. The molecule has 1 aliphatic rings. The van der Waals surface area contributed by atoms with Gasteiger partial charge in [0.2, 0.25) is 0 Å². The van der Waals surface area contributed by atoms with Crippen molar-refractivity contribution in [3.05, 3.63) is 0 Å². The number of nitrogens with zero attached hydrogens (tertiary/aromatic N) is 2. The van der Waals surface area contributed by atoms with Gasteiger partial charge in [0.15, 0.2) is 0 Å². The molecule has 1 N–H and O–H groups in total. The molecule has 0 amide bonds. The van der Waals surface area contributed by atoms with E-state index < -0.39 is 0 Å². The molecule has 0 aliphatic carbocycles. The van der Waals surface area contributed by atoms with Gasteiger partial charge in [0.1, 0.15) is 0 Å². The molecule has 18 heavy (non-hydrogen) atoms. The summed E-state index contributed by atoms with van der Waals surface area (Å²) in [5.41, 5.74) is 0. The van der Waals surface area contributed by atoms with Crippen LogP contribution in [0, 0.1) is 5.92 Å². The monoisotopic (exact) mass is 255 g/mol. The fourth-order valence-corrected chi connectivity index (χ4v) is 2.83. The molecular weight excluding hydrogens is 222 g/mol. The van der Waals surface area contributed by atoms with E-state index in [0.717, 1.165) is 5.92 Å². The van der Waals surface area contributed by atoms with Gasteiger partial charge in [-0.15, -0.1) is 0 Å². The molecule has 0 spiro atoms. The highest BCUT2D eigenvalue weighted by Gasteiger charge is 2.19. The summed E-state index contributed by atoms with van der Waals surface area (Å²) in [5, 5.41) is 3.58. The molecule has 3 nitrogen and oxygen atoms in total. The van der Waals surface area contributed by atoms with Gasteiger partial charge >= 0.3 is 0 Å². The summed E-state index contributed by atoms with van der Waals surface area (Å²) >= 11 is 0. The first-order valence-corrected chi connectivity index (χ1v) is 7.95. The maximum absolute atomic E-state index is 3.58. The molecule has 1 atom stereocenters. The first-order chi connectivity index (χ1) is 8.80. The van der Waals surface area contributed by atoms with Gasteiger partial charge in [0, 0.05) is 19.6 Å². The largest absolute Gasteiger partial charge is 0.316 e. The van der Waals surface area contributed by atoms with Crippen LogP contribution in [0.4, 0.5) is 0 Å². The van der Waals surface area contributed by atoms with Crippen LogP contribution in [-0.4, -0.2) is 62.2 Å². The lowest BCUT2D eigenvalue weighted by Crippen LogP contribution is -2.43. The Morgan fingerprint density at radius 3 is 2.67 bits per heavy atom. The third-order valence-electron chi connectivity index (χ3n) is 4.09. The maximum atomic E-state index is 3.58. The van der Waals surface area contributed by atoms with E-state index in [-0.39, 0.29) is 0 Å². The summed E-state index contributed by atoms with van der Waals surface area (Å²) in [6.45, 7) is 16.6. The minimum Gasteiger partial charge on any atom is -0.316 e. The number of rotatable bonds is 9. The highest BCUT2D eigenvalue weighted by molar-refractivity contribution is 4.75. The van der Waals surface area contributed by atoms with E-state index in [1.54, 1.807) is 0 Å². The summed E-state index contributed by atoms with van der Waals surface area (Å²) in [5.74, 6) is 0.877. The Bertz CT molecular complexity index is 192. The summed E-state index contributed by atoms with van der Waals surface area (Å²) in [4.78, 5) is 5.19. The van der Waals surface area contributed by atoms with Gasteiger partial charge in [-0.05, 0) is 57.9 Å². The van der Waals surface area contributed by atoms with Crippen LogP contribution in [0.1, 0.15) is 40.0 Å². The van der Waals surface area contributed by atoms with Gasteiger partial charge in [0.25, 0.3) is 0 Å². The van der Waals surface area contributed by atoms with Gasteiger partial charge in [-0.25, -0.2) is 0 Å². The van der Waals surface area contributed by atoms with E-state index in [1.807, 2.05) is 0 Å². The summed E-state index contributed by atoms with van der Waals surface area (Å²) < 4.78 is 0. The van der Waals surface area contributed by atoms with Crippen molar-refractivity contribution in [1.82, 2.24) is 15.1 Å². The molecule has 1 saturated heterocycles. The fraction of sp³-hybridized carbons (Fsp3) is 1.00. The first-order valence-electron chi connectivity index (χ1n) is 7.95. The second-order valence-corrected chi connectivity index (χ2v) is 5.54. The van der Waals surface area contributed by atoms with E-state index in [0.29, 0.717) is 0 Å². The Labute approximate surface area is 114 Å². The zero-order valence-corrected chi connectivity index (χ0v) is 12.7. The molecule has 0 aromatic carbocycles. The second kappa shape index (κ2) is 9.76. The highest BCUT2D eigenvalue weighted by atomic mass is 15.2. The van der Waals surface area contributed by atoms with Crippen molar-refractivity contribution in [2.75, 3.05) is 52.4 Å². The third kappa shape index (κ3) is 6.17. The Kier molecular flexibility index (Phi) is 8.64. The number of likely N-dealkylation sites (N-methyl/N-ethyl adjacent to an activating group) is 1. The van der Waals surface area contributed by atoms with Crippen LogP contribution < -0.4 is 5.32 Å². The Hall–Kier alpha value is -0.120. The Balaban J connectivity index is 2.17. The van der Waals surface area contributed by atoms with Gasteiger partial charge in [0.05, 0.1) is 0 Å². The van der Waals surface area contributed by atoms with Gasteiger partial charge in [-0.2, -0.15) is 0 Å². The summed E-state index contributed by atoms with van der Waals surface area (Å²) in [7, 11) is 0. The predicted molar refractivity (Wildman–Crippen MR) is 80.1 cm³/mol. The van der Waals surface area contributed by atoms with Crippen molar-refractivity contribution in [3.63, 3.8) is 0 Å². The quantitative estimate of drug-likeness (QED) is 0.636. The molecule has 0 saturated carbocycles. The van der Waals surface area contributed by atoms with Crippen LogP contribution in [0.15, 0.2) is 0 Å². The minimum atomic E-state index is 0.877. The van der Waals surface area contributed by atoms with E-state index >= 15 is 0 Å². The predicted octanol–water partition coefficient (Wildman–Crippen LogP) is 2.04. The lowest BCUT2D eigenvalue weighted by molar-refractivity contribution is 0.150. The zero-order valence-electron chi connectivity index (χ0n) is 12.7. The van der Waals surface area contributed by atoms with Crippen molar-refractivity contribution in [3.8, 4) is 0 Å². The zero-order chi connectivity index (χ0) is 13.2. The fourth-order valence-electron chi connectivity index (χ4n) is 2.83. The molecule has 1 fully saturated rings. The van der Waals surface area contributed by atoms with E-state index in [2.05, 4.69) is 35.9 Å². The van der Waals surface area contributed by atoms with Crippen molar-refractivity contribution in [1.29, 1.82) is 0 Å².